The fourth-order valence-electron chi connectivity index (χ4n) is 6.72. The van der Waals surface area contributed by atoms with Gasteiger partial charge >= 0.3 is 0 Å². The monoisotopic (exact) mass is 867 g/mol. The third kappa shape index (κ3) is 20.0. The van der Waals surface area contributed by atoms with E-state index in [1.54, 1.807) is 0 Å². The molecule has 10 heteroatoms. The molecule has 0 fully saturated rings. The van der Waals surface area contributed by atoms with Crippen molar-refractivity contribution in [2.45, 2.75) is 129 Å². The van der Waals surface area contributed by atoms with E-state index in [4.69, 9.17) is 37.9 Å². The zero-order chi connectivity index (χ0) is 45.5. The molecule has 3 rings (SSSR count). The van der Waals surface area contributed by atoms with E-state index in [2.05, 4.69) is 96.1 Å². The lowest BCUT2D eigenvalue weighted by Gasteiger charge is -2.35. The molecular formula is C52H82O10. The van der Waals surface area contributed by atoms with E-state index in [9.17, 15) is 10.2 Å². The first-order valence-electron chi connectivity index (χ1n) is 22.7. The predicted molar refractivity (Wildman–Crippen MR) is 248 cm³/mol. The lowest BCUT2D eigenvalue weighted by molar-refractivity contribution is -0.0104. The average Bonchev–Trinajstić information content (AvgIpc) is 3.23. The maximum atomic E-state index is 11.2. The third-order valence-corrected chi connectivity index (χ3v) is 11.5. The summed E-state index contributed by atoms with van der Waals surface area (Å²) in [6.07, 6.45) is -0.253. The summed E-state index contributed by atoms with van der Waals surface area (Å²) in [6, 6.07) is 25.4. The van der Waals surface area contributed by atoms with Crippen LogP contribution in [0.15, 0.2) is 72.8 Å². The Hall–Kier alpha value is -2.74. The molecule has 0 saturated carbocycles. The van der Waals surface area contributed by atoms with Crippen LogP contribution in [-0.4, -0.2) is 115 Å². The lowest BCUT2D eigenvalue weighted by atomic mass is 9.73. The molecule has 3 aromatic rings. The first kappa shape index (κ1) is 53.6. The number of benzene rings is 3. The van der Waals surface area contributed by atoms with Crippen LogP contribution < -0.4 is 0 Å². The van der Waals surface area contributed by atoms with Gasteiger partial charge in [-0.3, -0.25) is 0 Å². The minimum absolute atomic E-state index is 0.147. The van der Waals surface area contributed by atoms with Crippen molar-refractivity contribution in [1.29, 1.82) is 0 Å². The number of rotatable bonds is 32. The topological polar surface area (TPSA) is 114 Å². The highest BCUT2D eigenvalue weighted by atomic mass is 16.6. The van der Waals surface area contributed by atoms with E-state index >= 15 is 0 Å². The number of aliphatic hydroxyl groups is 2. The van der Waals surface area contributed by atoms with Crippen molar-refractivity contribution in [3.8, 4) is 0 Å². The molecule has 0 aliphatic carbocycles. The molecule has 10 nitrogen and oxygen atoms in total. The molecule has 2 atom stereocenters. The Bertz CT molecular complexity index is 1490. The lowest BCUT2D eigenvalue weighted by Crippen LogP contribution is -2.37. The summed E-state index contributed by atoms with van der Waals surface area (Å²) < 4.78 is 45.6. The van der Waals surface area contributed by atoms with Crippen molar-refractivity contribution in [2.75, 3.05) is 92.5 Å². The Labute approximate surface area is 374 Å². The zero-order valence-corrected chi connectivity index (χ0v) is 40.0. The minimum Gasteiger partial charge on any atom is -0.392 e. The number of ether oxygens (including phenoxy) is 8. The van der Waals surface area contributed by atoms with E-state index in [-0.39, 0.29) is 10.8 Å². The standard InChI is InChI=1S/C52H82O10/c1-49(2,3)43-18-14-41(15-19-43)39-61-36-34-59-32-30-57-28-26-55-24-22-47(53)51(7,8)45-12-11-13-46(38-45)52(9,10)48(54)23-25-56-27-29-58-31-33-60-35-37-62-40-42-16-20-44(21-17-42)50(4,5)6/h11-21,38,47-48,53-54H,22-37,39-40H2,1-10H3. The fraction of sp³-hybridized carbons (Fsp3) is 0.654. The molecule has 2 unspecified atom stereocenters. The SMILES string of the molecule is CC(C)(C)c1ccc(COCCOCCOCCOCCC(O)C(C)(C)c2cccc(C(C)(C)C(O)CCOCCOCCOCCOCc3ccc(C(C)(C)C)cc3)c2)cc1. The molecule has 0 saturated heterocycles. The quantitative estimate of drug-likeness (QED) is 0.0591. The summed E-state index contributed by atoms with van der Waals surface area (Å²) in [5.41, 5.74) is 6.23. The molecule has 0 aromatic heterocycles. The first-order chi connectivity index (χ1) is 29.4. The smallest absolute Gasteiger partial charge is 0.0718 e. The van der Waals surface area contributed by atoms with Crippen LogP contribution in [0.5, 0.6) is 0 Å². The highest BCUT2D eigenvalue weighted by molar-refractivity contribution is 5.35. The third-order valence-electron chi connectivity index (χ3n) is 11.5. The van der Waals surface area contributed by atoms with Crippen molar-refractivity contribution in [2.24, 2.45) is 0 Å². The van der Waals surface area contributed by atoms with Crippen LogP contribution in [0.3, 0.4) is 0 Å². The van der Waals surface area contributed by atoms with Gasteiger partial charge in [-0.2, -0.15) is 0 Å². The summed E-state index contributed by atoms with van der Waals surface area (Å²) in [7, 11) is 0. The van der Waals surface area contributed by atoms with Crippen molar-refractivity contribution < 1.29 is 48.1 Å². The van der Waals surface area contributed by atoms with Gasteiger partial charge in [0.2, 0.25) is 0 Å². The highest BCUT2D eigenvalue weighted by Gasteiger charge is 2.34. The van der Waals surface area contributed by atoms with Gasteiger partial charge in [0.05, 0.1) is 105 Å². The van der Waals surface area contributed by atoms with Crippen LogP contribution in [0, 0.1) is 0 Å². The molecule has 0 radical (unpaired) electrons. The number of hydrogen-bond acceptors (Lipinski definition) is 10. The van der Waals surface area contributed by atoms with E-state index in [1.807, 2.05) is 45.9 Å². The molecular weight excluding hydrogens is 785 g/mol. The summed E-state index contributed by atoms with van der Waals surface area (Å²) in [5.74, 6) is 0. The van der Waals surface area contributed by atoms with Gasteiger partial charge in [-0.1, -0.05) is 142 Å². The van der Waals surface area contributed by atoms with Crippen LogP contribution in [0.4, 0.5) is 0 Å². The first-order valence-corrected chi connectivity index (χ1v) is 22.7. The van der Waals surface area contributed by atoms with Crippen molar-refractivity contribution in [1.82, 2.24) is 0 Å². The van der Waals surface area contributed by atoms with Crippen molar-refractivity contribution in [3.63, 3.8) is 0 Å². The summed E-state index contributed by atoms with van der Waals surface area (Å²) >= 11 is 0. The summed E-state index contributed by atoms with van der Waals surface area (Å²) in [4.78, 5) is 0. The number of aliphatic hydroxyl groups excluding tert-OH is 2. The van der Waals surface area contributed by atoms with E-state index in [1.165, 1.54) is 11.1 Å². The van der Waals surface area contributed by atoms with E-state index in [0.29, 0.717) is 119 Å². The average molecular weight is 867 g/mol. The molecule has 350 valence electrons. The normalized spacial score (nSPS) is 13.7. The van der Waals surface area contributed by atoms with Gasteiger partial charge in [-0.05, 0) is 57.1 Å². The Morgan fingerprint density at radius 2 is 0.629 bits per heavy atom. The molecule has 3 aromatic carbocycles. The van der Waals surface area contributed by atoms with Crippen molar-refractivity contribution >= 4 is 0 Å². The molecule has 2 N–H and O–H groups in total. The maximum absolute atomic E-state index is 11.2. The second-order valence-electron chi connectivity index (χ2n) is 19.3. The van der Waals surface area contributed by atoms with Gasteiger partial charge < -0.3 is 48.1 Å². The Morgan fingerprint density at radius 3 is 0.919 bits per heavy atom. The van der Waals surface area contributed by atoms with Crippen LogP contribution >= 0.6 is 0 Å². The van der Waals surface area contributed by atoms with Gasteiger partial charge in [0.15, 0.2) is 0 Å². The minimum atomic E-state index is -0.617. The van der Waals surface area contributed by atoms with Gasteiger partial charge in [0.1, 0.15) is 0 Å². The fourth-order valence-corrected chi connectivity index (χ4v) is 6.72. The molecule has 0 aliphatic heterocycles. The highest BCUT2D eigenvalue weighted by Crippen LogP contribution is 2.35. The van der Waals surface area contributed by atoms with E-state index in [0.717, 1.165) is 22.3 Å². The molecule has 0 aliphatic rings. The molecule has 62 heavy (non-hydrogen) atoms. The maximum Gasteiger partial charge on any atom is 0.0718 e. The van der Waals surface area contributed by atoms with Crippen LogP contribution in [-0.2, 0) is 72.8 Å². The van der Waals surface area contributed by atoms with Gasteiger partial charge in [-0.25, -0.2) is 0 Å². The Kier molecular flexibility index (Phi) is 23.8. The number of hydrogen-bond donors (Lipinski definition) is 2. The Morgan fingerprint density at radius 1 is 0.355 bits per heavy atom. The molecule has 0 heterocycles. The van der Waals surface area contributed by atoms with E-state index < -0.39 is 23.0 Å². The zero-order valence-electron chi connectivity index (χ0n) is 40.0. The Balaban J connectivity index is 1.19. The van der Waals surface area contributed by atoms with Crippen LogP contribution in [0.25, 0.3) is 0 Å². The second kappa shape index (κ2) is 27.6. The summed E-state index contributed by atoms with van der Waals surface area (Å²) in [6.45, 7) is 29.3. The second-order valence-corrected chi connectivity index (χ2v) is 19.3. The van der Waals surface area contributed by atoms with Gasteiger partial charge in [0, 0.05) is 24.0 Å². The predicted octanol–water partition coefficient (Wildman–Crippen LogP) is 8.87. The van der Waals surface area contributed by atoms with Crippen molar-refractivity contribution in [3.05, 3.63) is 106 Å². The van der Waals surface area contributed by atoms with Crippen LogP contribution in [0.1, 0.15) is 115 Å². The van der Waals surface area contributed by atoms with Crippen LogP contribution in [0.2, 0.25) is 0 Å². The largest absolute Gasteiger partial charge is 0.392 e. The molecule has 0 bridgehead atoms. The van der Waals surface area contributed by atoms with Gasteiger partial charge in [-0.15, -0.1) is 0 Å². The van der Waals surface area contributed by atoms with Gasteiger partial charge in [0.25, 0.3) is 0 Å². The summed E-state index contributed by atoms with van der Waals surface area (Å²) in [5, 5.41) is 22.4. The molecule has 0 amide bonds. The molecule has 0 spiro atoms.